The second-order valence-electron chi connectivity index (χ2n) is 7.01. The number of aliphatic hydroxyl groups is 2. The quantitative estimate of drug-likeness (QED) is 0.225. The number of carboxylic acid groups (broad SMARTS) is 1. The van der Waals surface area contributed by atoms with E-state index in [2.05, 4.69) is 20.1 Å². The van der Waals surface area contributed by atoms with Gasteiger partial charge in [-0.15, -0.1) is 0 Å². The van der Waals surface area contributed by atoms with Gasteiger partial charge in [0.25, 0.3) is 5.91 Å². The zero-order valence-corrected chi connectivity index (χ0v) is 17.5. The molecule has 1 amide bonds. The first-order chi connectivity index (χ1) is 14.9. The number of para-hydroxylation sites is 1. The highest BCUT2D eigenvalue weighted by atomic mass is 31.2. The van der Waals surface area contributed by atoms with E-state index in [1.54, 1.807) is 18.2 Å². The highest BCUT2D eigenvalue weighted by Gasteiger charge is 2.46. The van der Waals surface area contributed by atoms with Gasteiger partial charge in [0.1, 0.15) is 11.5 Å². The van der Waals surface area contributed by atoms with Crippen LogP contribution < -0.4 is 10.6 Å². The molecular formula is C19H20N3O9P. The van der Waals surface area contributed by atoms with E-state index in [1.807, 2.05) is 0 Å². The summed E-state index contributed by atoms with van der Waals surface area (Å²) in [6.07, 6.45) is 1.59. The van der Waals surface area contributed by atoms with Crippen LogP contribution >= 0.6 is 7.82 Å². The van der Waals surface area contributed by atoms with Crippen LogP contribution in [-0.4, -0.2) is 49.3 Å². The van der Waals surface area contributed by atoms with Crippen molar-refractivity contribution >= 4 is 31.1 Å². The number of aliphatic hydroxyl groups excluding tert-OH is 1. The standard InChI is InChI=1S/C19H20N3O9P/c1-10-16(23)12(11(7-20-10)9-31-32(28,29)30)8-21-15(17(24)25)6-19(27)13-4-2-3-5-14(13)22-18(19)26/h2-5,7-8,20,23,27H,6,9H2,1H3,(H,22,26)(H,24,25)(H2,28,29,30)/b12-8-,21-15?/t19-/m1/s1. The van der Waals surface area contributed by atoms with E-state index in [0.29, 0.717) is 5.69 Å². The summed E-state index contributed by atoms with van der Waals surface area (Å²) in [5, 5.41) is 36.0. The van der Waals surface area contributed by atoms with Gasteiger partial charge < -0.3 is 35.7 Å². The number of hydrogen-bond acceptors (Lipinski definition) is 8. The molecule has 0 saturated carbocycles. The van der Waals surface area contributed by atoms with Gasteiger partial charge in [0.05, 0.1) is 12.3 Å². The number of benzene rings is 1. The molecule has 7 N–H and O–H groups in total. The van der Waals surface area contributed by atoms with Crippen molar-refractivity contribution in [1.29, 1.82) is 0 Å². The third kappa shape index (κ3) is 4.79. The number of amides is 1. The molecule has 0 fully saturated rings. The van der Waals surface area contributed by atoms with Gasteiger partial charge in [0, 0.05) is 41.2 Å². The Morgan fingerprint density at radius 3 is 2.66 bits per heavy atom. The number of phosphoric ester groups is 1. The van der Waals surface area contributed by atoms with Crippen LogP contribution in [0.3, 0.4) is 0 Å². The van der Waals surface area contributed by atoms with Crippen LogP contribution in [0.4, 0.5) is 5.69 Å². The van der Waals surface area contributed by atoms with Gasteiger partial charge in [-0.05, 0) is 13.0 Å². The van der Waals surface area contributed by atoms with Crippen LogP contribution in [0.5, 0.6) is 0 Å². The van der Waals surface area contributed by atoms with Crippen LogP contribution in [0.1, 0.15) is 18.9 Å². The number of anilines is 1. The third-order valence-electron chi connectivity index (χ3n) is 4.82. The highest BCUT2D eigenvalue weighted by Crippen LogP contribution is 2.39. The number of aliphatic imine (C=N–C) groups is 1. The van der Waals surface area contributed by atoms with Gasteiger partial charge in [-0.1, -0.05) is 18.2 Å². The van der Waals surface area contributed by atoms with Crippen LogP contribution in [0.2, 0.25) is 0 Å². The van der Waals surface area contributed by atoms with E-state index in [0.717, 1.165) is 6.20 Å². The number of hydrogen-bond donors (Lipinski definition) is 7. The Labute approximate surface area is 181 Å². The van der Waals surface area contributed by atoms with Gasteiger partial charge in [-0.25, -0.2) is 9.36 Å². The average Bonchev–Trinajstić information content (AvgIpc) is 2.96. The van der Waals surface area contributed by atoms with E-state index in [4.69, 9.17) is 9.79 Å². The van der Waals surface area contributed by atoms with Crippen molar-refractivity contribution in [2.45, 2.75) is 18.9 Å². The minimum absolute atomic E-state index is 0.0586. The minimum atomic E-state index is -4.82. The zero-order chi connectivity index (χ0) is 23.7. The molecule has 1 aromatic carbocycles. The molecule has 0 aromatic heterocycles. The predicted octanol–water partition coefficient (Wildman–Crippen LogP) is 1.01. The summed E-state index contributed by atoms with van der Waals surface area (Å²) in [5.74, 6) is -2.68. The van der Waals surface area contributed by atoms with E-state index >= 15 is 0 Å². The monoisotopic (exact) mass is 465 g/mol. The summed E-state index contributed by atoms with van der Waals surface area (Å²) in [6.45, 7) is 0.892. The lowest BCUT2D eigenvalue weighted by Gasteiger charge is -2.21. The van der Waals surface area contributed by atoms with Crippen molar-refractivity contribution in [1.82, 2.24) is 5.32 Å². The largest absolute Gasteiger partial charge is 0.505 e. The summed E-state index contributed by atoms with van der Waals surface area (Å²) in [5.41, 5.74) is -1.93. The Morgan fingerprint density at radius 1 is 1.31 bits per heavy atom. The fraction of sp³-hybridized carbons (Fsp3) is 0.211. The smallest absolute Gasteiger partial charge is 0.469 e. The van der Waals surface area contributed by atoms with Crippen molar-refractivity contribution < 1.29 is 43.8 Å². The van der Waals surface area contributed by atoms with Crippen molar-refractivity contribution in [3.8, 4) is 0 Å². The molecular weight excluding hydrogens is 445 g/mol. The minimum Gasteiger partial charge on any atom is -0.505 e. The van der Waals surface area contributed by atoms with Crippen molar-refractivity contribution in [2.75, 3.05) is 11.9 Å². The second-order valence-corrected chi connectivity index (χ2v) is 8.25. The number of phosphoric acid groups is 1. The molecule has 0 saturated heterocycles. The Hall–Kier alpha value is -3.28. The van der Waals surface area contributed by atoms with Gasteiger partial charge in [-0.3, -0.25) is 14.3 Å². The normalized spacial score (nSPS) is 22.4. The molecule has 32 heavy (non-hydrogen) atoms. The lowest BCUT2D eigenvalue weighted by molar-refractivity contribution is -0.133. The Balaban J connectivity index is 1.96. The van der Waals surface area contributed by atoms with E-state index in [9.17, 15) is 29.5 Å². The summed E-state index contributed by atoms with van der Waals surface area (Å²) in [6, 6.07) is 6.27. The molecule has 1 atom stereocenters. The fourth-order valence-corrected chi connectivity index (χ4v) is 3.46. The summed E-state index contributed by atoms with van der Waals surface area (Å²) < 4.78 is 15.4. The number of aliphatic carboxylic acids is 1. The van der Waals surface area contributed by atoms with E-state index in [1.165, 1.54) is 19.2 Å². The Morgan fingerprint density at radius 2 is 2.00 bits per heavy atom. The molecule has 12 nitrogen and oxygen atoms in total. The molecule has 13 heteroatoms. The number of rotatable bonds is 7. The maximum atomic E-state index is 12.4. The Bertz CT molecular complexity index is 1150. The summed E-state index contributed by atoms with van der Waals surface area (Å²) in [4.78, 5) is 45.8. The number of nitrogens with zero attached hydrogens (tertiary/aromatic N) is 1. The molecule has 0 aliphatic carbocycles. The van der Waals surface area contributed by atoms with Crippen molar-refractivity contribution in [3.63, 3.8) is 0 Å². The van der Waals surface area contributed by atoms with Crippen molar-refractivity contribution in [3.05, 3.63) is 64.8 Å². The number of carbonyl (C=O) groups is 2. The summed E-state index contributed by atoms with van der Waals surface area (Å²) in [7, 11) is -4.82. The molecule has 0 spiro atoms. The third-order valence-corrected chi connectivity index (χ3v) is 5.29. The molecule has 0 unspecified atom stereocenters. The molecule has 0 radical (unpaired) electrons. The first-order valence-corrected chi connectivity index (χ1v) is 10.6. The Kier molecular flexibility index (Phi) is 6.35. The molecule has 2 aliphatic heterocycles. The van der Waals surface area contributed by atoms with Gasteiger partial charge >= 0.3 is 13.8 Å². The number of dihydropyridines is 1. The second kappa shape index (κ2) is 8.69. The predicted molar refractivity (Wildman–Crippen MR) is 111 cm³/mol. The first kappa shape index (κ1) is 23.4. The molecule has 1 aromatic rings. The molecule has 0 bridgehead atoms. The van der Waals surface area contributed by atoms with E-state index in [-0.39, 0.29) is 28.2 Å². The van der Waals surface area contributed by atoms with Gasteiger partial charge in [-0.2, -0.15) is 0 Å². The first-order valence-electron chi connectivity index (χ1n) is 9.12. The van der Waals surface area contributed by atoms with Gasteiger partial charge in [0.2, 0.25) is 0 Å². The molecule has 3 rings (SSSR count). The average molecular weight is 465 g/mol. The van der Waals surface area contributed by atoms with Crippen LogP contribution in [-0.2, 0) is 24.3 Å². The lowest BCUT2D eigenvalue weighted by atomic mass is 9.89. The van der Waals surface area contributed by atoms with Crippen LogP contribution in [0.15, 0.2) is 64.3 Å². The molecule has 2 aliphatic rings. The SMILES string of the molecule is CC1=C(O)/C(=C\N=C(C[C@]2(O)C(=O)Nc3ccccc32)C(=O)O)C(COP(=O)(O)O)=CN1. The lowest BCUT2D eigenvalue weighted by Crippen LogP contribution is -2.38. The zero-order valence-electron chi connectivity index (χ0n) is 16.6. The molecule has 170 valence electrons. The number of carbonyl (C=O) groups excluding carboxylic acids is 1. The molecule has 2 heterocycles. The number of allylic oxidation sites excluding steroid dienone is 2. The number of fused-ring (bicyclic) bond motifs is 1. The highest BCUT2D eigenvalue weighted by molar-refractivity contribution is 7.46. The van der Waals surface area contributed by atoms with Crippen LogP contribution in [0.25, 0.3) is 0 Å². The topological polar surface area (TPSA) is 198 Å². The van der Waals surface area contributed by atoms with E-state index < -0.39 is 44.0 Å². The van der Waals surface area contributed by atoms with Crippen molar-refractivity contribution in [2.24, 2.45) is 4.99 Å². The van der Waals surface area contributed by atoms with Crippen LogP contribution in [0, 0.1) is 0 Å². The number of carboxylic acids is 1. The van der Waals surface area contributed by atoms with Gasteiger partial charge in [0.15, 0.2) is 5.60 Å². The maximum absolute atomic E-state index is 12.4. The summed E-state index contributed by atoms with van der Waals surface area (Å²) >= 11 is 0. The number of nitrogens with one attached hydrogen (secondary N) is 2. The fourth-order valence-electron chi connectivity index (χ4n) is 3.15. The maximum Gasteiger partial charge on any atom is 0.469 e.